The van der Waals surface area contributed by atoms with Crippen LogP contribution in [0.2, 0.25) is 0 Å². The molecule has 0 saturated carbocycles. The van der Waals surface area contributed by atoms with Crippen LogP contribution in [0.15, 0.2) is 29.8 Å². The summed E-state index contributed by atoms with van der Waals surface area (Å²) in [6.45, 7) is -0.488. The molecule has 0 aliphatic carbocycles. The number of para-hydroxylation sites is 1. The largest absolute Gasteiger partial charge is 0.488 e. The molecule has 0 bridgehead atoms. The SMILES string of the molecule is CN(C)C(=O)CNC(=O)COC(=O)C1=Cc2ccccc2OC1. The van der Waals surface area contributed by atoms with Crippen molar-refractivity contribution in [2.45, 2.75) is 0 Å². The van der Waals surface area contributed by atoms with Gasteiger partial charge in [0.05, 0.1) is 12.1 Å². The van der Waals surface area contributed by atoms with E-state index in [1.54, 1.807) is 20.2 Å². The van der Waals surface area contributed by atoms with Gasteiger partial charge in [0.25, 0.3) is 5.91 Å². The zero-order valence-corrected chi connectivity index (χ0v) is 13.0. The van der Waals surface area contributed by atoms with E-state index in [2.05, 4.69) is 5.32 Å². The van der Waals surface area contributed by atoms with Crippen molar-refractivity contribution < 1.29 is 23.9 Å². The Balaban J connectivity index is 1.83. The summed E-state index contributed by atoms with van der Waals surface area (Å²) in [5.74, 6) is -0.700. The smallest absolute Gasteiger partial charge is 0.338 e. The van der Waals surface area contributed by atoms with Crippen molar-refractivity contribution in [2.75, 3.05) is 33.9 Å². The second-order valence-electron chi connectivity index (χ2n) is 5.14. The number of ether oxygens (including phenoxy) is 2. The van der Waals surface area contributed by atoms with E-state index >= 15 is 0 Å². The van der Waals surface area contributed by atoms with Gasteiger partial charge in [0.1, 0.15) is 12.4 Å². The van der Waals surface area contributed by atoms with Gasteiger partial charge in [0, 0.05) is 19.7 Å². The summed E-state index contributed by atoms with van der Waals surface area (Å²) >= 11 is 0. The number of hydrogen-bond acceptors (Lipinski definition) is 5. The molecular formula is C16H18N2O5. The summed E-state index contributed by atoms with van der Waals surface area (Å²) in [7, 11) is 3.17. The lowest BCUT2D eigenvalue weighted by molar-refractivity contribution is -0.145. The number of carbonyl (C=O) groups excluding carboxylic acids is 3. The number of carbonyl (C=O) groups is 3. The summed E-state index contributed by atoms with van der Waals surface area (Å²) in [6, 6.07) is 7.31. The second kappa shape index (κ2) is 7.44. The Kier molecular flexibility index (Phi) is 5.35. The molecule has 0 aromatic heterocycles. The lowest BCUT2D eigenvalue weighted by atomic mass is 10.1. The van der Waals surface area contributed by atoms with E-state index in [4.69, 9.17) is 9.47 Å². The molecule has 0 radical (unpaired) electrons. The molecule has 1 aromatic carbocycles. The van der Waals surface area contributed by atoms with Crippen LogP contribution in [-0.4, -0.2) is 56.5 Å². The van der Waals surface area contributed by atoms with E-state index in [-0.39, 0.29) is 19.1 Å². The third-order valence-corrected chi connectivity index (χ3v) is 3.16. The maximum Gasteiger partial charge on any atom is 0.338 e. The normalized spacial score (nSPS) is 12.3. The Bertz CT molecular complexity index is 652. The molecule has 2 rings (SSSR count). The maximum absolute atomic E-state index is 11.9. The van der Waals surface area contributed by atoms with Crippen molar-refractivity contribution in [1.29, 1.82) is 0 Å². The van der Waals surface area contributed by atoms with E-state index in [1.807, 2.05) is 24.3 Å². The standard InChI is InChI=1S/C16H18N2O5/c1-18(2)15(20)8-17-14(19)10-23-16(21)12-7-11-5-3-4-6-13(11)22-9-12/h3-7H,8-10H2,1-2H3,(H,17,19). The van der Waals surface area contributed by atoms with E-state index in [0.717, 1.165) is 5.56 Å². The van der Waals surface area contributed by atoms with Gasteiger partial charge >= 0.3 is 5.97 Å². The minimum absolute atomic E-state index is 0.0938. The van der Waals surface area contributed by atoms with Gasteiger partial charge in [0.2, 0.25) is 5.91 Å². The van der Waals surface area contributed by atoms with Crippen molar-refractivity contribution in [3.05, 3.63) is 35.4 Å². The molecule has 0 spiro atoms. The van der Waals surface area contributed by atoms with Crippen molar-refractivity contribution >= 4 is 23.9 Å². The van der Waals surface area contributed by atoms with Gasteiger partial charge < -0.3 is 19.7 Å². The first kappa shape index (κ1) is 16.5. The summed E-state index contributed by atoms with van der Waals surface area (Å²) in [6.07, 6.45) is 1.68. The molecule has 122 valence electrons. The highest BCUT2D eigenvalue weighted by molar-refractivity contribution is 5.96. The highest BCUT2D eigenvalue weighted by Gasteiger charge is 2.19. The highest BCUT2D eigenvalue weighted by atomic mass is 16.5. The van der Waals surface area contributed by atoms with E-state index in [1.165, 1.54) is 4.90 Å². The lowest BCUT2D eigenvalue weighted by Crippen LogP contribution is -2.38. The maximum atomic E-state index is 11.9. The summed E-state index contributed by atoms with van der Waals surface area (Å²) in [5, 5.41) is 2.38. The Labute approximate surface area is 133 Å². The molecule has 1 N–H and O–H groups in total. The molecule has 1 aromatic rings. The molecule has 0 saturated heterocycles. The number of fused-ring (bicyclic) bond motifs is 1. The molecule has 1 aliphatic rings. The Hall–Kier alpha value is -2.83. The summed E-state index contributed by atoms with van der Waals surface area (Å²) < 4.78 is 10.4. The number of nitrogens with one attached hydrogen (secondary N) is 1. The molecular weight excluding hydrogens is 300 g/mol. The van der Waals surface area contributed by atoms with Crippen molar-refractivity contribution in [1.82, 2.24) is 10.2 Å². The van der Waals surface area contributed by atoms with Crippen LogP contribution in [0.3, 0.4) is 0 Å². The Morgan fingerprint density at radius 1 is 1.26 bits per heavy atom. The molecule has 1 heterocycles. The number of likely N-dealkylation sites (N-methyl/N-ethyl adjacent to an activating group) is 1. The average Bonchev–Trinajstić information content (AvgIpc) is 2.56. The third-order valence-electron chi connectivity index (χ3n) is 3.16. The van der Waals surface area contributed by atoms with Gasteiger partial charge in [-0.3, -0.25) is 9.59 Å². The molecule has 0 unspecified atom stereocenters. The van der Waals surface area contributed by atoms with Gasteiger partial charge in [-0.25, -0.2) is 4.79 Å². The van der Waals surface area contributed by atoms with Crippen molar-refractivity contribution in [3.63, 3.8) is 0 Å². The molecule has 23 heavy (non-hydrogen) atoms. The number of esters is 1. The second-order valence-corrected chi connectivity index (χ2v) is 5.14. The van der Waals surface area contributed by atoms with Crippen LogP contribution in [0, 0.1) is 0 Å². The van der Waals surface area contributed by atoms with Gasteiger partial charge in [0.15, 0.2) is 6.61 Å². The average molecular weight is 318 g/mol. The predicted molar refractivity (Wildman–Crippen MR) is 82.6 cm³/mol. The fourth-order valence-electron chi connectivity index (χ4n) is 1.84. The van der Waals surface area contributed by atoms with Gasteiger partial charge in [-0.2, -0.15) is 0 Å². The zero-order chi connectivity index (χ0) is 16.8. The van der Waals surface area contributed by atoms with Crippen LogP contribution in [0.1, 0.15) is 5.56 Å². The summed E-state index contributed by atoms with van der Waals surface area (Å²) in [5.41, 5.74) is 1.12. The van der Waals surface area contributed by atoms with Crippen LogP contribution >= 0.6 is 0 Å². The van der Waals surface area contributed by atoms with Gasteiger partial charge in [-0.05, 0) is 12.1 Å². The van der Waals surface area contributed by atoms with Crippen LogP contribution in [0.4, 0.5) is 0 Å². The Morgan fingerprint density at radius 3 is 2.74 bits per heavy atom. The van der Waals surface area contributed by atoms with Crippen LogP contribution in [0.25, 0.3) is 6.08 Å². The number of benzene rings is 1. The first-order valence-corrected chi connectivity index (χ1v) is 7.03. The first-order chi connectivity index (χ1) is 11.0. The molecule has 2 amide bonds. The van der Waals surface area contributed by atoms with E-state index in [0.29, 0.717) is 11.3 Å². The van der Waals surface area contributed by atoms with E-state index < -0.39 is 18.5 Å². The number of amides is 2. The molecule has 7 heteroatoms. The Morgan fingerprint density at radius 2 is 2.00 bits per heavy atom. The quantitative estimate of drug-likeness (QED) is 0.785. The molecule has 0 atom stereocenters. The van der Waals surface area contributed by atoms with E-state index in [9.17, 15) is 14.4 Å². The molecule has 7 nitrogen and oxygen atoms in total. The van der Waals surface area contributed by atoms with Crippen LogP contribution in [0.5, 0.6) is 5.75 Å². The predicted octanol–water partition coefficient (Wildman–Crippen LogP) is 0.210. The van der Waals surface area contributed by atoms with Crippen molar-refractivity contribution in [3.8, 4) is 5.75 Å². The van der Waals surface area contributed by atoms with Crippen LogP contribution in [-0.2, 0) is 19.1 Å². The first-order valence-electron chi connectivity index (χ1n) is 7.03. The van der Waals surface area contributed by atoms with Crippen LogP contribution < -0.4 is 10.1 Å². The number of hydrogen-bond donors (Lipinski definition) is 1. The van der Waals surface area contributed by atoms with Gasteiger partial charge in [-0.15, -0.1) is 0 Å². The highest BCUT2D eigenvalue weighted by Crippen LogP contribution is 2.25. The monoisotopic (exact) mass is 318 g/mol. The number of rotatable bonds is 5. The lowest BCUT2D eigenvalue weighted by Gasteiger charge is -2.17. The topological polar surface area (TPSA) is 84.9 Å². The molecule has 1 aliphatic heterocycles. The fraction of sp³-hybridized carbons (Fsp3) is 0.312. The minimum Gasteiger partial charge on any atom is -0.488 e. The summed E-state index contributed by atoms with van der Waals surface area (Å²) in [4.78, 5) is 36.2. The fourth-order valence-corrected chi connectivity index (χ4v) is 1.84. The molecule has 0 fully saturated rings. The van der Waals surface area contributed by atoms with Crippen molar-refractivity contribution in [2.24, 2.45) is 0 Å². The number of nitrogens with zero attached hydrogens (tertiary/aromatic N) is 1. The minimum atomic E-state index is -0.617. The zero-order valence-electron chi connectivity index (χ0n) is 13.0. The third kappa shape index (κ3) is 4.57. The van der Waals surface area contributed by atoms with Gasteiger partial charge in [-0.1, -0.05) is 18.2 Å².